The maximum Gasteiger partial charge on any atom is 0.410 e. The van der Waals surface area contributed by atoms with E-state index in [1.165, 1.54) is 37.0 Å². The quantitative estimate of drug-likeness (QED) is 0.175. The molecule has 0 aliphatic carbocycles. The number of likely N-dealkylation sites (N-methyl/N-ethyl adjacent to an activating group) is 1. The van der Waals surface area contributed by atoms with Crippen molar-refractivity contribution in [3.05, 3.63) is 0 Å². The van der Waals surface area contributed by atoms with E-state index in [-0.39, 0.29) is 11.9 Å². The second-order valence-electron chi connectivity index (χ2n) is 9.04. The van der Waals surface area contributed by atoms with Gasteiger partial charge in [0.25, 0.3) is 0 Å². The van der Waals surface area contributed by atoms with Crippen molar-refractivity contribution in [2.24, 2.45) is 11.8 Å². The zero-order valence-electron chi connectivity index (χ0n) is 20.7. The summed E-state index contributed by atoms with van der Waals surface area (Å²) >= 11 is 0. The number of carbonyl (C=O) groups is 2. The molecule has 30 heavy (non-hydrogen) atoms. The van der Waals surface area contributed by atoms with Crippen molar-refractivity contribution < 1.29 is 19.1 Å². The molecule has 2 unspecified atom stereocenters. The van der Waals surface area contributed by atoms with Crippen molar-refractivity contribution in [2.75, 3.05) is 20.3 Å². The number of amides is 1. The largest absolute Gasteiger partial charge is 0.464 e. The third kappa shape index (κ3) is 13.9. The normalized spacial score (nSPS) is 13.2. The van der Waals surface area contributed by atoms with Gasteiger partial charge in [0.15, 0.2) is 0 Å². The summed E-state index contributed by atoms with van der Waals surface area (Å²) < 4.78 is 11.1. The minimum atomic E-state index is -0.585. The van der Waals surface area contributed by atoms with Crippen molar-refractivity contribution in [1.82, 2.24) is 4.90 Å². The average Bonchev–Trinajstić information content (AvgIpc) is 2.73. The zero-order chi connectivity index (χ0) is 22.8. The Hall–Kier alpha value is -1.26. The second-order valence-corrected chi connectivity index (χ2v) is 9.04. The number of nitrogens with zero attached hydrogens (tertiary/aromatic N) is 1. The molecule has 5 nitrogen and oxygen atoms in total. The van der Waals surface area contributed by atoms with E-state index in [9.17, 15) is 9.59 Å². The van der Waals surface area contributed by atoms with Gasteiger partial charge >= 0.3 is 12.1 Å². The molecule has 0 aliphatic rings. The molecule has 0 spiro atoms. The van der Waals surface area contributed by atoms with Crippen LogP contribution in [0.3, 0.4) is 0 Å². The van der Waals surface area contributed by atoms with Crippen molar-refractivity contribution in [1.29, 1.82) is 0 Å². The molecule has 0 radical (unpaired) electrons. The summed E-state index contributed by atoms with van der Waals surface area (Å²) in [6, 6.07) is -0.585. The maximum absolute atomic E-state index is 12.7. The molecule has 0 aromatic rings. The highest BCUT2D eigenvalue weighted by molar-refractivity contribution is 5.81. The van der Waals surface area contributed by atoms with Crippen LogP contribution in [0.1, 0.15) is 112 Å². The molecule has 0 aromatic heterocycles. The zero-order valence-corrected chi connectivity index (χ0v) is 20.7. The number of rotatable bonds is 18. The number of ether oxygens (including phenoxy) is 2. The molecular weight excluding hydrogens is 378 g/mol. The minimum Gasteiger partial charge on any atom is -0.464 e. The van der Waals surface area contributed by atoms with Crippen LogP contribution in [0.2, 0.25) is 0 Å². The van der Waals surface area contributed by atoms with Crippen LogP contribution < -0.4 is 0 Å². The fourth-order valence-corrected chi connectivity index (χ4v) is 3.50. The molecule has 0 aromatic carbocycles. The lowest BCUT2D eigenvalue weighted by molar-refractivity contribution is -0.149. The van der Waals surface area contributed by atoms with Crippen molar-refractivity contribution >= 4 is 12.1 Å². The first-order valence-electron chi connectivity index (χ1n) is 12.4. The Kier molecular flexibility index (Phi) is 17.7. The van der Waals surface area contributed by atoms with Gasteiger partial charge in [-0.25, -0.2) is 9.59 Å². The Morgan fingerprint density at radius 3 is 2.00 bits per heavy atom. The molecule has 0 heterocycles. The van der Waals surface area contributed by atoms with E-state index in [0.717, 1.165) is 38.5 Å². The number of carbonyl (C=O) groups excluding carboxylic acids is 2. The van der Waals surface area contributed by atoms with Crippen molar-refractivity contribution in [3.8, 4) is 0 Å². The lowest BCUT2D eigenvalue weighted by atomic mass is 10.0. The standard InChI is InChI=1S/C25H49NO4/c1-7-10-12-13-14-15-16-18-29-24(27)23(19-21(4)5)26(6)25(28)30-20-22(9-3)17-11-8-2/h21-23H,7-20H2,1-6H3. The fourth-order valence-electron chi connectivity index (χ4n) is 3.50. The molecule has 178 valence electrons. The molecule has 0 saturated heterocycles. The van der Waals surface area contributed by atoms with Gasteiger partial charge in [0.1, 0.15) is 6.04 Å². The topological polar surface area (TPSA) is 55.8 Å². The van der Waals surface area contributed by atoms with Gasteiger partial charge in [-0.2, -0.15) is 0 Å². The van der Waals surface area contributed by atoms with E-state index in [1.807, 2.05) is 13.8 Å². The summed E-state index contributed by atoms with van der Waals surface area (Å²) in [6.07, 6.45) is 12.8. The lowest BCUT2D eigenvalue weighted by Crippen LogP contribution is -2.44. The lowest BCUT2D eigenvalue weighted by Gasteiger charge is -2.28. The van der Waals surface area contributed by atoms with Gasteiger partial charge in [0.2, 0.25) is 0 Å². The maximum atomic E-state index is 12.7. The predicted molar refractivity (Wildman–Crippen MR) is 125 cm³/mol. The number of unbranched alkanes of at least 4 members (excludes halogenated alkanes) is 7. The molecule has 0 saturated carbocycles. The Morgan fingerprint density at radius 1 is 0.833 bits per heavy atom. The van der Waals surface area contributed by atoms with Gasteiger partial charge in [-0.05, 0) is 31.1 Å². The molecule has 0 aliphatic heterocycles. The van der Waals surface area contributed by atoms with E-state index in [2.05, 4.69) is 20.8 Å². The molecule has 1 amide bonds. The fraction of sp³-hybridized carbons (Fsp3) is 0.920. The summed E-state index contributed by atoms with van der Waals surface area (Å²) in [4.78, 5) is 26.7. The van der Waals surface area contributed by atoms with E-state index in [1.54, 1.807) is 7.05 Å². The minimum absolute atomic E-state index is 0.282. The van der Waals surface area contributed by atoms with E-state index in [0.29, 0.717) is 25.6 Å². The van der Waals surface area contributed by atoms with Crippen LogP contribution in [0.4, 0.5) is 4.79 Å². The Bertz CT molecular complexity index is 439. The highest BCUT2D eigenvalue weighted by Crippen LogP contribution is 2.17. The highest BCUT2D eigenvalue weighted by Gasteiger charge is 2.30. The van der Waals surface area contributed by atoms with Gasteiger partial charge in [-0.15, -0.1) is 0 Å². The summed E-state index contributed by atoms with van der Waals surface area (Å²) in [5.41, 5.74) is 0. The van der Waals surface area contributed by atoms with Gasteiger partial charge in [-0.1, -0.05) is 92.4 Å². The smallest absolute Gasteiger partial charge is 0.410 e. The number of hydrogen-bond donors (Lipinski definition) is 0. The Balaban J connectivity index is 4.47. The van der Waals surface area contributed by atoms with Crippen LogP contribution in [-0.4, -0.2) is 43.3 Å². The van der Waals surface area contributed by atoms with Crippen LogP contribution in [0.25, 0.3) is 0 Å². The molecule has 0 N–H and O–H groups in total. The van der Waals surface area contributed by atoms with Crippen LogP contribution in [0.5, 0.6) is 0 Å². The molecule has 0 bridgehead atoms. The second kappa shape index (κ2) is 18.5. The van der Waals surface area contributed by atoms with Crippen LogP contribution in [-0.2, 0) is 14.3 Å². The predicted octanol–water partition coefficient (Wildman–Crippen LogP) is 6.98. The third-order valence-corrected chi connectivity index (χ3v) is 5.70. The van der Waals surface area contributed by atoms with Gasteiger partial charge < -0.3 is 9.47 Å². The van der Waals surface area contributed by atoms with Crippen LogP contribution >= 0.6 is 0 Å². The molecular formula is C25H49NO4. The number of hydrogen-bond acceptors (Lipinski definition) is 4. The molecule has 2 atom stereocenters. The van der Waals surface area contributed by atoms with E-state index in [4.69, 9.17) is 9.47 Å². The first kappa shape index (κ1) is 28.7. The first-order valence-corrected chi connectivity index (χ1v) is 12.4. The number of esters is 1. The summed E-state index contributed by atoms with van der Waals surface area (Å²) in [5, 5.41) is 0. The third-order valence-electron chi connectivity index (χ3n) is 5.70. The van der Waals surface area contributed by atoms with E-state index >= 15 is 0 Å². The van der Waals surface area contributed by atoms with Gasteiger partial charge in [0, 0.05) is 7.05 Å². The summed E-state index contributed by atoms with van der Waals surface area (Å²) in [6.45, 7) is 11.5. The van der Waals surface area contributed by atoms with Crippen molar-refractivity contribution in [3.63, 3.8) is 0 Å². The SMILES string of the molecule is CCCCCCCCCOC(=O)C(CC(C)C)N(C)C(=O)OCC(CC)CCCC. The average molecular weight is 428 g/mol. The highest BCUT2D eigenvalue weighted by atomic mass is 16.6. The summed E-state index contributed by atoms with van der Waals surface area (Å²) in [7, 11) is 1.65. The van der Waals surface area contributed by atoms with Gasteiger partial charge in [-0.3, -0.25) is 4.90 Å². The molecule has 0 fully saturated rings. The Labute approximate surface area is 186 Å². The van der Waals surface area contributed by atoms with Crippen molar-refractivity contribution in [2.45, 2.75) is 118 Å². The first-order chi connectivity index (χ1) is 14.4. The Morgan fingerprint density at radius 2 is 1.43 bits per heavy atom. The van der Waals surface area contributed by atoms with Crippen LogP contribution in [0.15, 0.2) is 0 Å². The van der Waals surface area contributed by atoms with Crippen LogP contribution in [0, 0.1) is 11.8 Å². The monoisotopic (exact) mass is 427 g/mol. The van der Waals surface area contributed by atoms with E-state index < -0.39 is 12.1 Å². The molecule has 0 rings (SSSR count). The molecule has 5 heteroatoms. The van der Waals surface area contributed by atoms with Gasteiger partial charge in [0.05, 0.1) is 13.2 Å². The summed E-state index contributed by atoms with van der Waals surface area (Å²) in [5.74, 6) is 0.353.